The quantitative estimate of drug-likeness (QED) is 0.749. The molecule has 3 N–H and O–H groups in total. The van der Waals surface area contributed by atoms with Crippen LogP contribution in [0.2, 0.25) is 0 Å². The first-order chi connectivity index (χ1) is 8.33. The molecular formula is C12H16N4O. The minimum Gasteiger partial charge on any atom is -0.352 e. The molecule has 17 heavy (non-hydrogen) atoms. The number of hydrogen-bond acceptors (Lipinski definition) is 3. The molecule has 0 radical (unpaired) electrons. The Kier molecular flexibility index (Phi) is 3.72. The van der Waals surface area contributed by atoms with Gasteiger partial charge in [0.25, 0.3) is 5.91 Å². The molecule has 0 aromatic carbocycles. The van der Waals surface area contributed by atoms with Crippen molar-refractivity contribution in [1.29, 1.82) is 0 Å². The van der Waals surface area contributed by atoms with Crippen LogP contribution in [-0.2, 0) is 0 Å². The third-order valence-electron chi connectivity index (χ3n) is 2.59. The Morgan fingerprint density at radius 3 is 3.12 bits per heavy atom. The molecule has 0 unspecified atom stereocenters. The lowest BCUT2D eigenvalue weighted by atomic mass is 10.2. The van der Waals surface area contributed by atoms with E-state index in [0.717, 1.165) is 18.4 Å². The second-order valence-electron chi connectivity index (χ2n) is 3.84. The average Bonchev–Trinajstić information content (AvgIpc) is 2.78. The van der Waals surface area contributed by atoms with Gasteiger partial charge in [-0.15, -0.1) is 0 Å². The summed E-state index contributed by atoms with van der Waals surface area (Å²) in [7, 11) is 0. The summed E-state index contributed by atoms with van der Waals surface area (Å²) in [6.07, 6.45) is 5.24. The van der Waals surface area contributed by atoms with Gasteiger partial charge in [0.05, 0.1) is 17.3 Å². The zero-order valence-electron chi connectivity index (χ0n) is 9.60. The first-order valence-electron chi connectivity index (χ1n) is 5.73. The molecular weight excluding hydrogens is 216 g/mol. The lowest BCUT2D eigenvalue weighted by Gasteiger charge is -2.03. The molecule has 0 aliphatic carbocycles. The summed E-state index contributed by atoms with van der Waals surface area (Å²) in [6, 6.07) is 5.65. The Morgan fingerprint density at radius 2 is 2.29 bits per heavy atom. The predicted molar refractivity (Wildman–Crippen MR) is 65.8 cm³/mol. The van der Waals surface area contributed by atoms with Crippen LogP contribution in [0.15, 0.2) is 30.6 Å². The van der Waals surface area contributed by atoms with Crippen molar-refractivity contribution >= 4 is 11.4 Å². The zero-order chi connectivity index (χ0) is 12.1. The van der Waals surface area contributed by atoms with E-state index < -0.39 is 0 Å². The number of pyridine rings is 1. The Morgan fingerprint density at radius 1 is 1.41 bits per heavy atom. The number of amides is 1. The van der Waals surface area contributed by atoms with Crippen LogP contribution >= 0.6 is 0 Å². The second-order valence-corrected chi connectivity index (χ2v) is 3.84. The third kappa shape index (κ3) is 2.62. The van der Waals surface area contributed by atoms with Gasteiger partial charge in [0.15, 0.2) is 0 Å². The molecule has 0 aliphatic heterocycles. The van der Waals surface area contributed by atoms with Crippen molar-refractivity contribution in [2.75, 3.05) is 13.1 Å². The summed E-state index contributed by atoms with van der Waals surface area (Å²) in [5.41, 5.74) is 6.82. The van der Waals surface area contributed by atoms with Crippen LogP contribution in [0.5, 0.6) is 0 Å². The molecule has 2 rings (SSSR count). The van der Waals surface area contributed by atoms with Gasteiger partial charge in [-0.3, -0.25) is 4.79 Å². The fourth-order valence-electron chi connectivity index (χ4n) is 1.68. The maximum absolute atomic E-state index is 11.9. The predicted octanol–water partition coefficient (Wildman–Crippen LogP) is 0.803. The van der Waals surface area contributed by atoms with Crippen LogP contribution < -0.4 is 11.1 Å². The molecule has 1 amide bonds. The van der Waals surface area contributed by atoms with E-state index in [4.69, 9.17) is 5.73 Å². The van der Waals surface area contributed by atoms with Gasteiger partial charge in [0.1, 0.15) is 0 Å². The van der Waals surface area contributed by atoms with E-state index in [1.165, 1.54) is 0 Å². The van der Waals surface area contributed by atoms with Crippen molar-refractivity contribution in [3.63, 3.8) is 0 Å². The van der Waals surface area contributed by atoms with Crippen molar-refractivity contribution in [3.05, 3.63) is 36.2 Å². The largest absolute Gasteiger partial charge is 0.352 e. The number of nitrogens with one attached hydrogen (secondary N) is 1. The van der Waals surface area contributed by atoms with E-state index >= 15 is 0 Å². The highest BCUT2D eigenvalue weighted by Gasteiger charge is 2.10. The first-order valence-corrected chi connectivity index (χ1v) is 5.73. The van der Waals surface area contributed by atoms with E-state index in [1.807, 2.05) is 24.4 Å². The van der Waals surface area contributed by atoms with Gasteiger partial charge >= 0.3 is 0 Å². The van der Waals surface area contributed by atoms with E-state index in [-0.39, 0.29) is 5.91 Å². The molecule has 0 bridgehead atoms. The van der Waals surface area contributed by atoms with Crippen molar-refractivity contribution < 1.29 is 4.79 Å². The van der Waals surface area contributed by atoms with Crippen LogP contribution in [0.1, 0.15) is 23.2 Å². The molecule has 2 aromatic rings. The van der Waals surface area contributed by atoms with E-state index in [9.17, 15) is 4.79 Å². The number of hydrogen-bond donors (Lipinski definition) is 2. The van der Waals surface area contributed by atoms with Crippen LogP contribution in [-0.4, -0.2) is 28.6 Å². The highest BCUT2D eigenvalue weighted by Crippen LogP contribution is 2.09. The smallest absolute Gasteiger partial charge is 0.255 e. The molecule has 90 valence electrons. The normalized spacial score (nSPS) is 10.6. The minimum absolute atomic E-state index is 0.0804. The van der Waals surface area contributed by atoms with Gasteiger partial charge in [0, 0.05) is 12.7 Å². The summed E-state index contributed by atoms with van der Waals surface area (Å²) in [6.45, 7) is 1.31. The van der Waals surface area contributed by atoms with Crippen molar-refractivity contribution in [1.82, 2.24) is 14.9 Å². The maximum Gasteiger partial charge on any atom is 0.255 e. The molecule has 5 heteroatoms. The molecule has 5 nitrogen and oxygen atoms in total. The van der Waals surface area contributed by atoms with E-state index in [0.29, 0.717) is 18.7 Å². The van der Waals surface area contributed by atoms with Crippen molar-refractivity contribution in [2.45, 2.75) is 12.8 Å². The Labute approximate surface area is 99.6 Å². The summed E-state index contributed by atoms with van der Waals surface area (Å²) < 4.78 is 1.69. The topological polar surface area (TPSA) is 72.4 Å². The summed E-state index contributed by atoms with van der Waals surface area (Å²) in [5.74, 6) is -0.0804. The van der Waals surface area contributed by atoms with Gasteiger partial charge in [-0.2, -0.15) is 5.10 Å². The number of nitrogens with zero attached hydrogens (tertiary/aromatic N) is 2. The SMILES string of the molecule is NCCCCNC(=O)c1cnn2ccccc12. The first kappa shape index (κ1) is 11.6. The fraction of sp³-hybridized carbons (Fsp3) is 0.333. The third-order valence-corrected chi connectivity index (χ3v) is 2.59. The molecule has 0 saturated carbocycles. The van der Waals surface area contributed by atoms with Gasteiger partial charge in [-0.1, -0.05) is 6.07 Å². The molecule has 2 heterocycles. The average molecular weight is 232 g/mol. The summed E-state index contributed by atoms with van der Waals surface area (Å²) >= 11 is 0. The number of unbranched alkanes of at least 4 members (excludes halogenated alkanes) is 1. The Hall–Kier alpha value is -1.88. The van der Waals surface area contributed by atoms with Gasteiger partial charge in [0.2, 0.25) is 0 Å². The summed E-state index contributed by atoms with van der Waals surface area (Å²) in [5, 5.41) is 6.98. The van der Waals surface area contributed by atoms with Crippen molar-refractivity contribution in [2.24, 2.45) is 5.73 Å². The molecule has 0 atom stereocenters. The Bertz CT molecular complexity index is 506. The maximum atomic E-state index is 11.9. The van der Waals surface area contributed by atoms with Gasteiger partial charge < -0.3 is 11.1 Å². The second kappa shape index (κ2) is 5.45. The van der Waals surface area contributed by atoms with Gasteiger partial charge in [-0.25, -0.2) is 4.52 Å². The van der Waals surface area contributed by atoms with Crippen LogP contribution in [0.25, 0.3) is 5.52 Å². The molecule has 0 saturated heterocycles. The molecule has 2 aromatic heterocycles. The van der Waals surface area contributed by atoms with Crippen LogP contribution in [0, 0.1) is 0 Å². The summed E-state index contributed by atoms with van der Waals surface area (Å²) in [4.78, 5) is 11.9. The highest BCUT2D eigenvalue weighted by molar-refractivity contribution is 6.00. The van der Waals surface area contributed by atoms with E-state index in [2.05, 4.69) is 10.4 Å². The van der Waals surface area contributed by atoms with Crippen LogP contribution in [0.3, 0.4) is 0 Å². The number of fused-ring (bicyclic) bond motifs is 1. The lowest BCUT2D eigenvalue weighted by Crippen LogP contribution is -2.24. The lowest BCUT2D eigenvalue weighted by molar-refractivity contribution is 0.0954. The number of rotatable bonds is 5. The van der Waals surface area contributed by atoms with Crippen molar-refractivity contribution in [3.8, 4) is 0 Å². The number of carbonyl (C=O) groups is 1. The number of nitrogens with two attached hydrogens (primary N) is 1. The standard InChI is InChI=1S/C12H16N4O/c13-6-2-3-7-14-12(17)10-9-15-16-8-4-1-5-11(10)16/h1,4-5,8-9H,2-3,6-7,13H2,(H,14,17). The highest BCUT2D eigenvalue weighted by atomic mass is 16.1. The van der Waals surface area contributed by atoms with E-state index in [1.54, 1.807) is 10.7 Å². The minimum atomic E-state index is -0.0804. The molecule has 0 aliphatic rings. The Balaban J connectivity index is 2.04. The van der Waals surface area contributed by atoms with Crippen LogP contribution in [0.4, 0.5) is 0 Å². The number of aromatic nitrogens is 2. The fourth-order valence-corrected chi connectivity index (χ4v) is 1.68. The monoisotopic (exact) mass is 232 g/mol. The van der Waals surface area contributed by atoms with Gasteiger partial charge in [-0.05, 0) is 31.5 Å². The molecule has 0 spiro atoms. The zero-order valence-corrected chi connectivity index (χ0v) is 9.60. The number of carbonyl (C=O) groups excluding carboxylic acids is 1. The molecule has 0 fully saturated rings.